The first-order valence-corrected chi connectivity index (χ1v) is 8.48. The van der Waals surface area contributed by atoms with Crippen LogP contribution >= 0.6 is 11.8 Å². The summed E-state index contributed by atoms with van der Waals surface area (Å²) in [6.07, 6.45) is 1.89. The van der Waals surface area contributed by atoms with Gasteiger partial charge in [0.25, 0.3) is 0 Å². The minimum Gasteiger partial charge on any atom is -0.480 e. The second kappa shape index (κ2) is 7.48. The van der Waals surface area contributed by atoms with Crippen LogP contribution in [-0.2, 0) is 9.59 Å². The maximum absolute atomic E-state index is 12.1. The van der Waals surface area contributed by atoms with E-state index in [1.807, 2.05) is 31.2 Å². The van der Waals surface area contributed by atoms with Gasteiger partial charge in [-0.25, -0.2) is 4.79 Å². The van der Waals surface area contributed by atoms with Crippen molar-refractivity contribution in [2.45, 2.75) is 37.9 Å². The van der Waals surface area contributed by atoms with E-state index in [9.17, 15) is 14.7 Å². The molecule has 0 fully saturated rings. The van der Waals surface area contributed by atoms with Gasteiger partial charge in [-0.05, 0) is 32.4 Å². The number of aromatic nitrogens is 3. The molecule has 0 aliphatic heterocycles. The number of aliphatic carboxylic acids is 1. The quantitative estimate of drug-likeness (QED) is 0.743. The Morgan fingerprint density at radius 2 is 2.00 bits per heavy atom. The summed E-state index contributed by atoms with van der Waals surface area (Å²) in [5, 5.41) is 20.2. The van der Waals surface area contributed by atoms with Crippen molar-refractivity contribution >= 4 is 23.6 Å². The van der Waals surface area contributed by atoms with Gasteiger partial charge in [0.1, 0.15) is 11.9 Å². The van der Waals surface area contributed by atoms with Gasteiger partial charge in [-0.3, -0.25) is 9.36 Å². The van der Waals surface area contributed by atoms with Gasteiger partial charge >= 0.3 is 5.97 Å². The van der Waals surface area contributed by atoms with E-state index in [2.05, 4.69) is 15.5 Å². The average molecular weight is 348 g/mol. The molecule has 1 amide bonds. The molecule has 0 aliphatic rings. The van der Waals surface area contributed by atoms with E-state index in [4.69, 9.17) is 0 Å². The van der Waals surface area contributed by atoms with Crippen LogP contribution in [0.4, 0.5) is 0 Å². The van der Waals surface area contributed by atoms with Crippen LogP contribution in [0.3, 0.4) is 0 Å². The fraction of sp³-hybridized carbons (Fsp3) is 0.375. The molecule has 128 valence electrons. The molecule has 0 saturated carbocycles. The third kappa shape index (κ3) is 4.14. The van der Waals surface area contributed by atoms with Gasteiger partial charge in [-0.2, -0.15) is 0 Å². The van der Waals surface area contributed by atoms with Crippen molar-refractivity contribution in [3.8, 4) is 5.69 Å². The van der Waals surface area contributed by atoms with Gasteiger partial charge in [-0.1, -0.05) is 36.4 Å². The Labute approximate surface area is 144 Å². The molecule has 0 bridgehead atoms. The molecule has 7 nitrogen and oxygen atoms in total. The summed E-state index contributed by atoms with van der Waals surface area (Å²) in [4.78, 5) is 23.3. The van der Waals surface area contributed by atoms with Crippen LogP contribution in [0, 0.1) is 6.92 Å². The Balaban J connectivity index is 2.03. The van der Waals surface area contributed by atoms with Gasteiger partial charge in [0.15, 0.2) is 5.16 Å². The van der Waals surface area contributed by atoms with Crippen molar-refractivity contribution < 1.29 is 14.7 Å². The van der Waals surface area contributed by atoms with Crippen molar-refractivity contribution in [1.29, 1.82) is 0 Å². The van der Waals surface area contributed by atoms with Crippen LogP contribution in [0.25, 0.3) is 5.69 Å². The van der Waals surface area contributed by atoms with E-state index in [-0.39, 0.29) is 11.7 Å². The SMILES string of the molecule is CCC(C)(NC(=O)CSc1nncn1-c1ccc(C)cc1)C(=O)O. The summed E-state index contributed by atoms with van der Waals surface area (Å²) in [5.74, 6) is -1.34. The van der Waals surface area contributed by atoms with Crippen LogP contribution in [0.1, 0.15) is 25.8 Å². The molecule has 1 aromatic carbocycles. The monoisotopic (exact) mass is 348 g/mol. The Kier molecular flexibility index (Phi) is 5.61. The fourth-order valence-electron chi connectivity index (χ4n) is 1.97. The Morgan fingerprint density at radius 1 is 1.33 bits per heavy atom. The van der Waals surface area contributed by atoms with E-state index >= 15 is 0 Å². The molecule has 1 atom stereocenters. The number of thioether (sulfide) groups is 1. The number of carbonyl (C=O) groups is 2. The lowest BCUT2D eigenvalue weighted by atomic mass is 9.99. The minimum absolute atomic E-state index is 0.0629. The molecule has 1 unspecified atom stereocenters. The largest absolute Gasteiger partial charge is 0.480 e. The van der Waals surface area contributed by atoms with Gasteiger partial charge in [0.05, 0.1) is 5.75 Å². The standard InChI is InChI=1S/C16H20N4O3S/c1-4-16(3,14(22)23)18-13(21)9-24-15-19-17-10-20(15)12-7-5-11(2)6-8-12/h5-8,10H,4,9H2,1-3H3,(H,18,21)(H,22,23). The summed E-state index contributed by atoms with van der Waals surface area (Å²) in [7, 11) is 0. The average Bonchev–Trinajstić information content (AvgIpc) is 3.02. The lowest BCUT2D eigenvalue weighted by Crippen LogP contribution is -2.52. The number of amides is 1. The first kappa shape index (κ1) is 18.0. The summed E-state index contributed by atoms with van der Waals surface area (Å²) in [6.45, 7) is 5.21. The summed E-state index contributed by atoms with van der Waals surface area (Å²) in [5.41, 5.74) is 0.785. The molecule has 2 rings (SSSR count). The van der Waals surface area contributed by atoms with Gasteiger partial charge in [0.2, 0.25) is 5.91 Å². The van der Waals surface area contributed by atoms with E-state index < -0.39 is 11.5 Å². The third-order valence-electron chi connectivity index (χ3n) is 3.76. The highest BCUT2D eigenvalue weighted by Crippen LogP contribution is 2.20. The van der Waals surface area contributed by atoms with Crippen LogP contribution in [0.2, 0.25) is 0 Å². The first-order chi connectivity index (χ1) is 11.4. The van der Waals surface area contributed by atoms with Crippen molar-refractivity contribution in [2.24, 2.45) is 0 Å². The van der Waals surface area contributed by atoms with E-state index in [0.29, 0.717) is 11.6 Å². The highest BCUT2D eigenvalue weighted by molar-refractivity contribution is 7.99. The first-order valence-electron chi connectivity index (χ1n) is 7.50. The number of aryl methyl sites for hydroxylation is 1. The molecule has 2 aromatic rings. The van der Waals surface area contributed by atoms with Gasteiger partial charge in [0, 0.05) is 5.69 Å². The zero-order valence-electron chi connectivity index (χ0n) is 13.8. The van der Waals surface area contributed by atoms with Crippen LogP contribution in [-0.4, -0.2) is 43.0 Å². The number of rotatable bonds is 7. The zero-order valence-corrected chi connectivity index (χ0v) is 14.6. The highest BCUT2D eigenvalue weighted by Gasteiger charge is 2.32. The predicted molar refractivity (Wildman–Crippen MR) is 91.3 cm³/mol. The molecule has 1 heterocycles. The Hall–Kier alpha value is -2.35. The molecule has 8 heteroatoms. The summed E-state index contributed by atoms with van der Waals surface area (Å²) >= 11 is 1.21. The summed E-state index contributed by atoms with van der Waals surface area (Å²) < 4.78 is 1.79. The molecule has 0 aliphatic carbocycles. The lowest BCUT2D eigenvalue weighted by molar-refractivity contribution is -0.146. The number of nitrogens with one attached hydrogen (secondary N) is 1. The number of nitrogens with zero attached hydrogens (tertiary/aromatic N) is 3. The fourth-order valence-corrected chi connectivity index (χ4v) is 2.70. The van der Waals surface area contributed by atoms with Gasteiger partial charge < -0.3 is 10.4 Å². The van der Waals surface area contributed by atoms with Crippen LogP contribution in [0.15, 0.2) is 35.7 Å². The molecule has 0 saturated heterocycles. The lowest BCUT2D eigenvalue weighted by Gasteiger charge is -2.24. The van der Waals surface area contributed by atoms with Crippen LogP contribution in [0.5, 0.6) is 0 Å². The van der Waals surface area contributed by atoms with E-state index in [1.165, 1.54) is 18.7 Å². The smallest absolute Gasteiger partial charge is 0.329 e. The predicted octanol–water partition coefficient (Wildman–Crippen LogP) is 2.04. The van der Waals surface area contributed by atoms with Gasteiger partial charge in [-0.15, -0.1) is 10.2 Å². The molecular weight excluding hydrogens is 328 g/mol. The molecule has 0 spiro atoms. The second-order valence-corrected chi connectivity index (χ2v) is 6.59. The molecule has 0 radical (unpaired) electrons. The van der Waals surface area contributed by atoms with E-state index in [0.717, 1.165) is 11.3 Å². The topological polar surface area (TPSA) is 97.1 Å². The second-order valence-electron chi connectivity index (χ2n) is 5.65. The van der Waals surface area contributed by atoms with E-state index in [1.54, 1.807) is 17.8 Å². The normalized spacial score (nSPS) is 13.3. The molecule has 1 aromatic heterocycles. The number of carboxylic acid groups (broad SMARTS) is 1. The maximum atomic E-state index is 12.1. The zero-order chi connectivity index (χ0) is 17.7. The number of hydrogen-bond donors (Lipinski definition) is 2. The number of benzene rings is 1. The van der Waals surface area contributed by atoms with Crippen molar-refractivity contribution in [3.05, 3.63) is 36.2 Å². The third-order valence-corrected chi connectivity index (χ3v) is 4.70. The molecule has 2 N–H and O–H groups in total. The number of carbonyl (C=O) groups excluding carboxylic acids is 1. The molecular formula is C16H20N4O3S. The Morgan fingerprint density at radius 3 is 2.58 bits per heavy atom. The number of hydrogen-bond acceptors (Lipinski definition) is 5. The highest BCUT2D eigenvalue weighted by atomic mass is 32.2. The Bertz CT molecular complexity index is 729. The van der Waals surface area contributed by atoms with Crippen molar-refractivity contribution in [1.82, 2.24) is 20.1 Å². The summed E-state index contributed by atoms with van der Waals surface area (Å²) in [6, 6.07) is 7.86. The van der Waals surface area contributed by atoms with Crippen LogP contribution < -0.4 is 5.32 Å². The molecule has 24 heavy (non-hydrogen) atoms. The van der Waals surface area contributed by atoms with Crippen molar-refractivity contribution in [2.75, 3.05) is 5.75 Å². The minimum atomic E-state index is -1.26. The maximum Gasteiger partial charge on any atom is 0.329 e. The van der Waals surface area contributed by atoms with Crippen molar-refractivity contribution in [3.63, 3.8) is 0 Å². The number of carboxylic acids is 1.